The molecule has 1 amide bonds. The average Bonchev–Trinajstić information content (AvgIpc) is 2.68. The minimum atomic E-state index is -0.515. The minimum Gasteiger partial charge on any atom is -0.370 e. The number of aromatic nitrogens is 1. The van der Waals surface area contributed by atoms with Crippen LogP contribution >= 0.6 is 0 Å². The normalized spacial score (nSPS) is 14.5. The molecule has 0 aliphatic carbocycles. The van der Waals surface area contributed by atoms with Gasteiger partial charge < -0.3 is 10.2 Å². The summed E-state index contributed by atoms with van der Waals surface area (Å²) >= 11 is 0. The maximum atomic E-state index is 12.4. The first-order valence-corrected chi connectivity index (χ1v) is 8.24. The second-order valence-corrected chi connectivity index (χ2v) is 6.04. The number of nitro benzene ring substituents is 1. The summed E-state index contributed by atoms with van der Waals surface area (Å²) in [6.07, 6.45) is 2.90. The lowest BCUT2D eigenvalue weighted by atomic mass is 9.95. The summed E-state index contributed by atoms with van der Waals surface area (Å²) in [5, 5.41) is 23.0. The molecule has 0 saturated carbocycles. The summed E-state index contributed by atoms with van der Waals surface area (Å²) < 4.78 is 0. The van der Waals surface area contributed by atoms with E-state index < -0.39 is 4.92 Å². The highest BCUT2D eigenvalue weighted by Crippen LogP contribution is 2.29. The Bertz CT molecular complexity index is 855. The molecule has 0 atom stereocenters. The highest BCUT2D eigenvalue weighted by Gasteiger charge is 2.27. The van der Waals surface area contributed by atoms with Crippen LogP contribution in [0.15, 0.2) is 42.6 Å². The number of hydrogen-bond donors (Lipinski definition) is 1. The fourth-order valence-electron chi connectivity index (χ4n) is 3.05. The van der Waals surface area contributed by atoms with Gasteiger partial charge in [0.1, 0.15) is 11.9 Å². The molecule has 1 aromatic heterocycles. The van der Waals surface area contributed by atoms with Gasteiger partial charge in [-0.3, -0.25) is 14.9 Å². The molecule has 1 aliphatic rings. The zero-order valence-electron chi connectivity index (χ0n) is 14.0. The number of nitrogens with one attached hydrogen (secondary N) is 1. The van der Waals surface area contributed by atoms with Crippen molar-refractivity contribution in [3.8, 4) is 6.07 Å². The van der Waals surface area contributed by atoms with Gasteiger partial charge in [0.2, 0.25) is 5.91 Å². The Morgan fingerprint density at radius 3 is 2.69 bits per heavy atom. The molecule has 1 N–H and O–H groups in total. The molecular weight excluding hydrogens is 334 g/mol. The Hall–Kier alpha value is -3.47. The van der Waals surface area contributed by atoms with E-state index in [1.54, 1.807) is 24.4 Å². The maximum Gasteiger partial charge on any atom is 0.270 e. The third-order valence-electron chi connectivity index (χ3n) is 4.43. The predicted molar refractivity (Wildman–Crippen MR) is 95.6 cm³/mol. The SMILES string of the molecule is N#Cc1cc([N+](=O)[O-])ccc1N1CCC(C(=O)Nc2ccccn2)CC1. The minimum absolute atomic E-state index is 0.0624. The van der Waals surface area contributed by atoms with E-state index in [4.69, 9.17) is 0 Å². The number of pyridine rings is 1. The molecule has 0 bridgehead atoms. The quantitative estimate of drug-likeness (QED) is 0.669. The highest BCUT2D eigenvalue weighted by molar-refractivity contribution is 5.91. The van der Waals surface area contributed by atoms with Crippen LogP contribution < -0.4 is 10.2 Å². The molecule has 3 rings (SSSR count). The number of carbonyl (C=O) groups excluding carboxylic acids is 1. The summed E-state index contributed by atoms with van der Waals surface area (Å²) in [4.78, 5) is 28.8. The van der Waals surface area contributed by atoms with E-state index in [2.05, 4.69) is 10.3 Å². The fourth-order valence-corrected chi connectivity index (χ4v) is 3.05. The Morgan fingerprint density at radius 2 is 2.08 bits per heavy atom. The van der Waals surface area contributed by atoms with Crippen molar-refractivity contribution in [3.63, 3.8) is 0 Å². The zero-order valence-corrected chi connectivity index (χ0v) is 14.0. The molecule has 1 saturated heterocycles. The van der Waals surface area contributed by atoms with Crippen LogP contribution in [0.2, 0.25) is 0 Å². The van der Waals surface area contributed by atoms with Gasteiger partial charge in [0.25, 0.3) is 5.69 Å². The Kier molecular flexibility index (Phi) is 5.08. The number of rotatable bonds is 4. The van der Waals surface area contributed by atoms with Gasteiger partial charge in [-0.05, 0) is 31.0 Å². The summed E-state index contributed by atoms with van der Waals surface area (Å²) in [6.45, 7) is 1.21. The van der Waals surface area contributed by atoms with Gasteiger partial charge >= 0.3 is 0 Å². The monoisotopic (exact) mass is 351 g/mol. The maximum absolute atomic E-state index is 12.4. The molecule has 132 valence electrons. The van der Waals surface area contributed by atoms with Gasteiger partial charge in [-0.25, -0.2) is 4.98 Å². The van der Waals surface area contributed by atoms with E-state index in [0.29, 0.717) is 37.4 Å². The number of nitriles is 1. The summed E-state index contributed by atoms with van der Waals surface area (Å²) in [6, 6.07) is 11.6. The molecule has 1 aromatic carbocycles. The van der Waals surface area contributed by atoms with Crippen LogP contribution in [0.25, 0.3) is 0 Å². The topological polar surface area (TPSA) is 112 Å². The number of benzene rings is 1. The van der Waals surface area contributed by atoms with E-state index in [9.17, 15) is 20.2 Å². The Balaban J connectivity index is 1.64. The Labute approximate surface area is 150 Å². The van der Waals surface area contributed by atoms with Crippen LogP contribution in [-0.4, -0.2) is 28.9 Å². The lowest BCUT2D eigenvalue weighted by Crippen LogP contribution is -2.38. The average molecular weight is 351 g/mol. The third-order valence-corrected chi connectivity index (χ3v) is 4.43. The number of anilines is 2. The number of carbonyl (C=O) groups is 1. The number of non-ortho nitro benzene ring substituents is 1. The number of nitro groups is 1. The van der Waals surface area contributed by atoms with E-state index >= 15 is 0 Å². The van der Waals surface area contributed by atoms with Crippen LogP contribution in [0.1, 0.15) is 18.4 Å². The van der Waals surface area contributed by atoms with Gasteiger partial charge in [-0.15, -0.1) is 0 Å². The van der Waals surface area contributed by atoms with Crippen molar-refractivity contribution in [3.05, 3.63) is 58.3 Å². The molecule has 2 aromatic rings. The van der Waals surface area contributed by atoms with E-state index in [1.807, 2.05) is 17.0 Å². The van der Waals surface area contributed by atoms with Crippen LogP contribution in [0.3, 0.4) is 0 Å². The second-order valence-electron chi connectivity index (χ2n) is 6.04. The first-order chi connectivity index (χ1) is 12.6. The van der Waals surface area contributed by atoms with Crippen molar-refractivity contribution in [2.75, 3.05) is 23.3 Å². The molecule has 8 nitrogen and oxygen atoms in total. The number of amides is 1. The van der Waals surface area contributed by atoms with Crippen molar-refractivity contribution >= 4 is 23.1 Å². The highest BCUT2D eigenvalue weighted by atomic mass is 16.6. The van der Waals surface area contributed by atoms with Crippen molar-refractivity contribution in [1.82, 2.24) is 4.98 Å². The number of piperidine rings is 1. The largest absolute Gasteiger partial charge is 0.370 e. The predicted octanol–water partition coefficient (Wildman–Crippen LogP) is 2.72. The standard InChI is InChI=1S/C18H17N5O3/c19-12-14-11-15(23(25)26)4-5-16(14)22-9-6-13(7-10-22)18(24)21-17-3-1-2-8-20-17/h1-5,8,11,13H,6-7,9-10H2,(H,20,21,24). The van der Waals surface area contributed by atoms with Crippen molar-refractivity contribution < 1.29 is 9.72 Å². The molecule has 0 radical (unpaired) electrons. The van der Waals surface area contributed by atoms with Crippen molar-refractivity contribution in [2.45, 2.75) is 12.8 Å². The summed E-state index contributed by atoms with van der Waals surface area (Å²) in [5.74, 6) is 0.339. The van der Waals surface area contributed by atoms with E-state index in [1.165, 1.54) is 12.1 Å². The molecule has 26 heavy (non-hydrogen) atoms. The number of hydrogen-bond acceptors (Lipinski definition) is 6. The molecule has 0 spiro atoms. The van der Waals surface area contributed by atoms with Crippen LogP contribution in [0.4, 0.5) is 17.2 Å². The first-order valence-electron chi connectivity index (χ1n) is 8.24. The van der Waals surface area contributed by atoms with Crippen LogP contribution in [0.5, 0.6) is 0 Å². The van der Waals surface area contributed by atoms with Crippen molar-refractivity contribution in [2.24, 2.45) is 5.92 Å². The van der Waals surface area contributed by atoms with E-state index in [-0.39, 0.29) is 23.1 Å². The second kappa shape index (κ2) is 7.61. The fraction of sp³-hybridized carbons (Fsp3) is 0.278. The lowest BCUT2D eigenvalue weighted by Gasteiger charge is -2.33. The first kappa shape index (κ1) is 17.4. The third kappa shape index (κ3) is 3.78. The molecule has 2 heterocycles. The van der Waals surface area contributed by atoms with Gasteiger partial charge in [0.05, 0.1) is 16.2 Å². The number of nitrogens with zero attached hydrogens (tertiary/aromatic N) is 4. The smallest absolute Gasteiger partial charge is 0.270 e. The van der Waals surface area contributed by atoms with Gasteiger partial charge in [-0.2, -0.15) is 5.26 Å². The van der Waals surface area contributed by atoms with E-state index in [0.717, 1.165) is 0 Å². The molecule has 8 heteroatoms. The van der Waals surface area contributed by atoms with Crippen LogP contribution in [-0.2, 0) is 4.79 Å². The molecule has 0 unspecified atom stereocenters. The Morgan fingerprint density at radius 1 is 1.31 bits per heavy atom. The van der Waals surface area contributed by atoms with Gasteiger partial charge in [0.15, 0.2) is 0 Å². The van der Waals surface area contributed by atoms with Crippen LogP contribution in [0, 0.1) is 27.4 Å². The van der Waals surface area contributed by atoms with Gasteiger partial charge in [0, 0.05) is 37.3 Å². The van der Waals surface area contributed by atoms with Gasteiger partial charge in [-0.1, -0.05) is 6.07 Å². The molecule has 1 aliphatic heterocycles. The summed E-state index contributed by atoms with van der Waals surface area (Å²) in [5.41, 5.74) is 0.840. The van der Waals surface area contributed by atoms with Crippen molar-refractivity contribution in [1.29, 1.82) is 5.26 Å². The lowest BCUT2D eigenvalue weighted by molar-refractivity contribution is -0.384. The molecular formula is C18H17N5O3. The molecule has 1 fully saturated rings. The summed E-state index contributed by atoms with van der Waals surface area (Å²) in [7, 11) is 0. The zero-order chi connectivity index (χ0) is 18.5.